The predicted molar refractivity (Wildman–Crippen MR) is 148 cm³/mol. The fraction of sp³-hybridized carbons (Fsp3) is 0.345. The number of anilines is 1. The van der Waals surface area contributed by atoms with E-state index in [1.807, 2.05) is 37.2 Å². The smallest absolute Gasteiger partial charge is 0.238 e. The first-order valence-electron chi connectivity index (χ1n) is 12.1. The molecule has 0 aliphatic carbocycles. The Labute approximate surface area is 218 Å². The van der Waals surface area contributed by atoms with E-state index in [9.17, 15) is 4.79 Å². The molecule has 0 saturated carbocycles. The van der Waals surface area contributed by atoms with Crippen LogP contribution in [0.25, 0.3) is 0 Å². The van der Waals surface area contributed by atoms with E-state index in [1.54, 1.807) is 11.8 Å². The maximum absolute atomic E-state index is 12.4. The lowest BCUT2D eigenvalue weighted by molar-refractivity contribution is -0.116. The number of amides is 1. The van der Waals surface area contributed by atoms with Gasteiger partial charge in [0.1, 0.15) is 0 Å². The van der Waals surface area contributed by atoms with Crippen LogP contribution in [0.5, 0.6) is 0 Å². The summed E-state index contributed by atoms with van der Waals surface area (Å²) in [6.45, 7) is 4.57. The fourth-order valence-corrected chi connectivity index (χ4v) is 5.85. The van der Waals surface area contributed by atoms with E-state index in [-0.39, 0.29) is 11.3 Å². The Kier molecular flexibility index (Phi) is 8.55. The van der Waals surface area contributed by atoms with Crippen LogP contribution in [0.4, 0.5) is 5.69 Å². The van der Waals surface area contributed by atoms with Crippen molar-refractivity contribution in [3.8, 4) is 0 Å². The minimum Gasteiger partial charge on any atom is -0.325 e. The summed E-state index contributed by atoms with van der Waals surface area (Å²) in [5.41, 5.74) is 4.90. The van der Waals surface area contributed by atoms with Crippen LogP contribution < -0.4 is 10.6 Å². The van der Waals surface area contributed by atoms with E-state index in [4.69, 9.17) is 11.6 Å². The molecule has 184 valence electrons. The van der Waals surface area contributed by atoms with E-state index < -0.39 is 0 Å². The zero-order chi connectivity index (χ0) is 24.8. The van der Waals surface area contributed by atoms with Crippen molar-refractivity contribution >= 4 is 35.0 Å². The molecule has 3 aromatic rings. The molecule has 0 spiro atoms. The number of carbonyl (C=O) groups excluding carboxylic acids is 1. The summed E-state index contributed by atoms with van der Waals surface area (Å²) in [6, 6.07) is 23.3. The molecule has 1 aliphatic rings. The summed E-state index contributed by atoms with van der Waals surface area (Å²) in [5.74, 6) is 0.0120. The van der Waals surface area contributed by atoms with Crippen LogP contribution in [0, 0.1) is 6.92 Å². The number of carbonyl (C=O) groups is 1. The van der Waals surface area contributed by atoms with Crippen molar-refractivity contribution < 1.29 is 4.79 Å². The maximum atomic E-state index is 12.4. The third-order valence-corrected chi connectivity index (χ3v) is 7.90. The molecular weight excluding hydrogens is 474 g/mol. The molecule has 0 radical (unpaired) electrons. The molecule has 0 bridgehead atoms. The number of benzene rings is 3. The lowest BCUT2D eigenvalue weighted by atomic mass is 9.68. The first-order valence-corrected chi connectivity index (χ1v) is 13.3. The fourth-order valence-electron chi connectivity index (χ4n) is 4.91. The number of halogens is 1. The second-order valence-electron chi connectivity index (χ2n) is 9.72. The number of nitrogens with zero attached hydrogens (tertiary/aromatic N) is 1. The van der Waals surface area contributed by atoms with Gasteiger partial charge in [-0.2, -0.15) is 0 Å². The molecule has 1 fully saturated rings. The Morgan fingerprint density at radius 2 is 1.63 bits per heavy atom. The predicted octanol–water partition coefficient (Wildman–Crippen LogP) is 6.16. The van der Waals surface area contributed by atoms with Gasteiger partial charge in [-0.05, 0) is 119 Å². The molecule has 0 aromatic heterocycles. The van der Waals surface area contributed by atoms with Crippen molar-refractivity contribution in [2.45, 2.75) is 41.4 Å². The van der Waals surface area contributed by atoms with Crippen LogP contribution in [-0.4, -0.2) is 44.5 Å². The number of hydrogen-bond donors (Lipinski definition) is 2. The van der Waals surface area contributed by atoms with Crippen LogP contribution in [0.2, 0.25) is 5.02 Å². The first-order chi connectivity index (χ1) is 16.8. The number of aryl methyl sites for hydroxylation is 1. The molecule has 1 amide bonds. The van der Waals surface area contributed by atoms with Gasteiger partial charge in [-0.15, -0.1) is 0 Å². The molecule has 35 heavy (non-hydrogen) atoms. The van der Waals surface area contributed by atoms with Crippen molar-refractivity contribution in [3.63, 3.8) is 0 Å². The topological polar surface area (TPSA) is 44.4 Å². The van der Waals surface area contributed by atoms with E-state index in [1.165, 1.54) is 26.5 Å². The molecule has 2 N–H and O–H groups in total. The van der Waals surface area contributed by atoms with Crippen molar-refractivity contribution in [2.24, 2.45) is 0 Å². The van der Waals surface area contributed by atoms with Gasteiger partial charge in [-0.3, -0.25) is 4.79 Å². The van der Waals surface area contributed by atoms with Gasteiger partial charge in [0.15, 0.2) is 0 Å². The lowest BCUT2D eigenvalue weighted by Crippen LogP contribution is -2.42. The highest BCUT2D eigenvalue weighted by atomic mass is 35.5. The molecule has 1 saturated heterocycles. The van der Waals surface area contributed by atoms with Gasteiger partial charge < -0.3 is 15.5 Å². The largest absolute Gasteiger partial charge is 0.325 e. The number of nitrogens with one attached hydrogen (secondary N) is 2. The molecule has 0 unspecified atom stereocenters. The second-order valence-corrected chi connectivity index (χ2v) is 11.3. The van der Waals surface area contributed by atoms with Crippen molar-refractivity contribution in [1.29, 1.82) is 0 Å². The van der Waals surface area contributed by atoms with Gasteiger partial charge >= 0.3 is 0 Å². The summed E-state index contributed by atoms with van der Waals surface area (Å²) < 4.78 is 0. The van der Waals surface area contributed by atoms with Gasteiger partial charge in [-0.25, -0.2) is 0 Å². The summed E-state index contributed by atoms with van der Waals surface area (Å²) in [4.78, 5) is 16.7. The molecule has 0 atom stereocenters. The van der Waals surface area contributed by atoms with Crippen LogP contribution in [0.15, 0.2) is 76.5 Å². The zero-order valence-electron chi connectivity index (χ0n) is 20.7. The van der Waals surface area contributed by atoms with E-state index in [0.29, 0.717) is 6.54 Å². The summed E-state index contributed by atoms with van der Waals surface area (Å²) in [7, 11) is 3.81. The highest BCUT2D eigenvalue weighted by Gasteiger charge is 2.35. The SMILES string of the molecule is Cc1ccc(NC(=O)CN(C)C)cc1C1(Cc2ccc(Sc3ccc(Cl)cc3)cc2)CCNCC1. The van der Waals surface area contributed by atoms with Crippen LogP contribution >= 0.6 is 23.4 Å². The van der Waals surface area contributed by atoms with Gasteiger partial charge in [-0.1, -0.05) is 41.6 Å². The second kappa shape index (κ2) is 11.6. The Morgan fingerprint density at radius 3 is 2.26 bits per heavy atom. The molecular formula is C29H34ClN3OS. The Hall–Kier alpha value is -2.31. The highest BCUT2D eigenvalue weighted by Crippen LogP contribution is 2.40. The maximum Gasteiger partial charge on any atom is 0.238 e. The molecule has 6 heteroatoms. The summed E-state index contributed by atoms with van der Waals surface area (Å²) >= 11 is 7.77. The van der Waals surface area contributed by atoms with E-state index >= 15 is 0 Å². The average molecular weight is 508 g/mol. The van der Waals surface area contributed by atoms with Crippen LogP contribution in [-0.2, 0) is 16.6 Å². The van der Waals surface area contributed by atoms with Gasteiger partial charge in [0.05, 0.1) is 6.54 Å². The van der Waals surface area contributed by atoms with Crippen molar-refractivity contribution in [2.75, 3.05) is 39.0 Å². The van der Waals surface area contributed by atoms with Crippen molar-refractivity contribution in [1.82, 2.24) is 10.2 Å². The van der Waals surface area contributed by atoms with Crippen molar-refractivity contribution in [3.05, 3.63) is 88.4 Å². The standard InChI is InChI=1S/C29H34ClN3OS/c1-21-4-9-24(32-28(34)20-33(2)3)18-27(21)29(14-16-31-17-15-29)19-22-5-10-25(11-6-22)35-26-12-7-23(30)8-13-26/h4-13,18,31H,14-17,19-20H2,1-3H3,(H,32,34). The van der Waals surface area contributed by atoms with Gasteiger partial charge in [0.25, 0.3) is 0 Å². The monoisotopic (exact) mass is 507 g/mol. The van der Waals surface area contributed by atoms with Crippen LogP contribution in [0.3, 0.4) is 0 Å². The summed E-state index contributed by atoms with van der Waals surface area (Å²) in [5, 5.41) is 7.38. The molecule has 4 nitrogen and oxygen atoms in total. The minimum absolute atomic E-state index is 0.0120. The normalized spacial score (nSPS) is 15.2. The minimum atomic E-state index is 0.0120. The summed E-state index contributed by atoms with van der Waals surface area (Å²) in [6.07, 6.45) is 3.13. The number of piperidine rings is 1. The third kappa shape index (κ3) is 6.89. The molecule has 4 rings (SSSR count). The van der Waals surface area contributed by atoms with Crippen LogP contribution in [0.1, 0.15) is 29.5 Å². The Balaban J connectivity index is 1.55. The lowest BCUT2D eigenvalue weighted by Gasteiger charge is -2.40. The molecule has 1 aliphatic heterocycles. The quantitative estimate of drug-likeness (QED) is 0.383. The average Bonchev–Trinajstić information content (AvgIpc) is 2.83. The van der Waals surface area contributed by atoms with Gasteiger partial charge in [0, 0.05) is 25.9 Å². The molecule has 3 aromatic carbocycles. The van der Waals surface area contributed by atoms with E-state index in [2.05, 4.69) is 66.1 Å². The number of hydrogen-bond acceptors (Lipinski definition) is 4. The molecule has 1 heterocycles. The third-order valence-electron chi connectivity index (χ3n) is 6.63. The number of likely N-dealkylation sites (N-methyl/N-ethyl adjacent to an activating group) is 1. The zero-order valence-corrected chi connectivity index (χ0v) is 22.3. The Bertz CT molecular complexity index is 1140. The number of rotatable bonds is 8. The first kappa shape index (κ1) is 25.8. The highest BCUT2D eigenvalue weighted by molar-refractivity contribution is 7.99. The van der Waals surface area contributed by atoms with Gasteiger partial charge in [0.2, 0.25) is 5.91 Å². The Morgan fingerprint density at radius 1 is 1.00 bits per heavy atom. The van der Waals surface area contributed by atoms with E-state index in [0.717, 1.165) is 43.1 Å².